The number of nitrogens with one attached hydrogen (secondary N) is 2. The molecule has 1 heterocycles. The molecule has 1 aromatic rings. The molecule has 128 valence electrons. The van der Waals surface area contributed by atoms with Crippen LogP contribution in [0.2, 0.25) is 0 Å². The van der Waals surface area contributed by atoms with Gasteiger partial charge in [0.15, 0.2) is 0 Å². The lowest BCUT2D eigenvalue weighted by Crippen LogP contribution is -2.54. The summed E-state index contributed by atoms with van der Waals surface area (Å²) in [6.45, 7) is 2.15. The highest BCUT2D eigenvalue weighted by Gasteiger charge is 2.27. The molecule has 0 saturated carbocycles. The molecule has 1 aliphatic heterocycles. The van der Waals surface area contributed by atoms with Gasteiger partial charge in [-0.3, -0.25) is 4.79 Å². The molecule has 0 bridgehead atoms. The molecule has 1 amide bonds. The molecule has 5 nitrogen and oxygen atoms in total. The van der Waals surface area contributed by atoms with Crippen LogP contribution in [0, 0.1) is 5.92 Å². The van der Waals surface area contributed by atoms with Crippen LogP contribution in [0.3, 0.4) is 0 Å². The Labute approximate surface area is 138 Å². The predicted octanol–water partition coefficient (Wildman–Crippen LogP) is 0.845. The largest absolute Gasteiger partial charge is 0.394 e. The normalized spacial score (nSPS) is 24.0. The van der Waals surface area contributed by atoms with Gasteiger partial charge in [-0.25, -0.2) is 0 Å². The van der Waals surface area contributed by atoms with Crippen molar-refractivity contribution in [2.24, 2.45) is 5.92 Å². The first kappa shape index (κ1) is 17.9. The maximum absolute atomic E-state index is 12.2. The second-order valence-corrected chi connectivity index (χ2v) is 6.47. The number of hydrogen-bond acceptors (Lipinski definition) is 4. The van der Waals surface area contributed by atoms with Crippen LogP contribution in [0.4, 0.5) is 0 Å². The van der Waals surface area contributed by atoms with Crippen LogP contribution in [0.15, 0.2) is 30.3 Å². The number of carbonyl (C=O) groups excluding carboxylic acids is 1. The van der Waals surface area contributed by atoms with E-state index in [1.165, 1.54) is 5.56 Å². The zero-order valence-corrected chi connectivity index (χ0v) is 13.7. The van der Waals surface area contributed by atoms with Crippen molar-refractivity contribution in [2.75, 3.05) is 13.2 Å². The molecular weight excluding hydrogens is 292 g/mol. The van der Waals surface area contributed by atoms with Crippen LogP contribution in [0.25, 0.3) is 0 Å². The maximum atomic E-state index is 12.2. The second-order valence-electron chi connectivity index (χ2n) is 6.47. The minimum Gasteiger partial charge on any atom is -0.394 e. The van der Waals surface area contributed by atoms with Crippen LogP contribution in [-0.4, -0.2) is 47.5 Å². The first-order valence-electron chi connectivity index (χ1n) is 8.46. The maximum Gasteiger partial charge on any atom is 0.237 e. The van der Waals surface area contributed by atoms with E-state index in [0.717, 1.165) is 32.2 Å². The van der Waals surface area contributed by atoms with Gasteiger partial charge in [-0.1, -0.05) is 30.3 Å². The smallest absolute Gasteiger partial charge is 0.237 e. The molecule has 0 aliphatic carbocycles. The van der Waals surface area contributed by atoms with Crippen molar-refractivity contribution in [1.82, 2.24) is 10.6 Å². The first-order valence-corrected chi connectivity index (χ1v) is 8.46. The lowest BCUT2D eigenvalue weighted by atomic mass is 9.89. The summed E-state index contributed by atoms with van der Waals surface area (Å²) in [6.07, 6.45) is 3.25. The van der Waals surface area contributed by atoms with Gasteiger partial charge in [-0.05, 0) is 50.6 Å². The summed E-state index contributed by atoms with van der Waals surface area (Å²) in [7, 11) is 0. The minimum atomic E-state index is -0.758. The highest BCUT2D eigenvalue weighted by molar-refractivity contribution is 5.82. The summed E-state index contributed by atoms with van der Waals surface area (Å²) in [5.74, 6) is 0.455. The van der Waals surface area contributed by atoms with E-state index < -0.39 is 12.1 Å². The van der Waals surface area contributed by atoms with Crippen LogP contribution < -0.4 is 10.6 Å². The molecule has 1 fully saturated rings. The number of aliphatic hydroxyl groups is 2. The Kier molecular flexibility index (Phi) is 7.02. The molecule has 1 aromatic carbocycles. The number of carbonyl (C=O) groups is 1. The van der Waals surface area contributed by atoms with Gasteiger partial charge >= 0.3 is 0 Å². The van der Waals surface area contributed by atoms with Gasteiger partial charge in [0.2, 0.25) is 5.91 Å². The van der Waals surface area contributed by atoms with E-state index in [0.29, 0.717) is 5.92 Å². The van der Waals surface area contributed by atoms with Crippen molar-refractivity contribution in [2.45, 2.75) is 50.8 Å². The summed E-state index contributed by atoms with van der Waals surface area (Å²) in [5.41, 5.74) is 1.36. The number of aryl methyl sites for hydroxylation is 1. The third-order valence-corrected chi connectivity index (χ3v) is 4.62. The zero-order valence-electron chi connectivity index (χ0n) is 13.7. The van der Waals surface area contributed by atoms with Gasteiger partial charge in [0.25, 0.3) is 0 Å². The number of aliphatic hydroxyl groups excluding tert-OH is 2. The number of benzene rings is 1. The minimum absolute atomic E-state index is 0.133. The monoisotopic (exact) mass is 320 g/mol. The molecule has 1 saturated heterocycles. The van der Waals surface area contributed by atoms with E-state index in [4.69, 9.17) is 5.11 Å². The van der Waals surface area contributed by atoms with E-state index in [1.807, 2.05) is 6.07 Å². The molecule has 5 heteroatoms. The quantitative estimate of drug-likeness (QED) is 0.600. The SMILES string of the molecule is C[C@@H](O)[C@@H](CO)NC(=O)C1CCC(CCc2ccccc2)CN1. The van der Waals surface area contributed by atoms with Crippen LogP contribution in [0.5, 0.6) is 0 Å². The predicted molar refractivity (Wildman–Crippen MR) is 90.0 cm³/mol. The summed E-state index contributed by atoms with van der Waals surface area (Å²) in [4.78, 5) is 12.2. The Morgan fingerprint density at radius 1 is 1.35 bits per heavy atom. The average molecular weight is 320 g/mol. The molecule has 2 rings (SSSR count). The number of amides is 1. The lowest BCUT2D eigenvalue weighted by Gasteiger charge is -2.30. The van der Waals surface area contributed by atoms with E-state index in [1.54, 1.807) is 6.92 Å². The van der Waals surface area contributed by atoms with Gasteiger partial charge in [-0.15, -0.1) is 0 Å². The van der Waals surface area contributed by atoms with E-state index >= 15 is 0 Å². The van der Waals surface area contributed by atoms with Crippen molar-refractivity contribution in [1.29, 1.82) is 0 Å². The zero-order chi connectivity index (χ0) is 16.7. The van der Waals surface area contributed by atoms with E-state index in [-0.39, 0.29) is 18.6 Å². The van der Waals surface area contributed by atoms with Crippen molar-refractivity contribution in [3.05, 3.63) is 35.9 Å². The molecular formula is C18H28N2O3. The summed E-state index contributed by atoms with van der Waals surface area (Å²) in [5, 5.41) is 24.7. The molecule has 4 atom stereocenters. The molecule has 1 aliphatic rings. The van der Waals surface area contributed by atoms with Crippen LogP contribution in [0.1, 0.15) is 31.7 Å². The topological polar surface area (TPSA) is 81.6 Å². The third kappa shape index (κ3) is 5.61. The number of hydrogen-bond donors (Lipinski definition) is 4. The molecule has 4 N–H and O–H groups in total. The van der Waals surface area contributed by atoms with Gasteiger partial charge in [-0.2, -0.15) is 0 Å². The Morgan fingerprint density at radius 2 is 2.09 bits per heavy atom. The molecule has 2 unspecified atom stereocenters. The van der Waals surface area contributed by atoms with Crippen molar-refractivity contribution >= 4 is 5.91 Å². The Hall–Kier alpha value is -1.43. The van der Waals surface area contributed by atoms with Gasteiger partial charge in [0.05, 0.1) is 24.8 Å². The van der Waals surface area contributed by atoms with E-state index in [2.05, 4.69) is 34.9 Å². The molecule has 0 spiro atoms. The van der Waals surface area contributed by atoms with E-state index in [9.17, 15) is 9.90 Å². The summed E-state index contributed by atoms with van der Waals surface area (Å²) >= 11 is 0. The van der Waals surface area contributed by atoms with Gasteiger partial charge < -0.3 is 20.8 Å². The lowest BCUT2D eigenvalue weighted by molar-refractivity contribution is -0.125. The fourth-order valence-electron chi connectivity index (χ4n) is 3.00. The Balaban J connectivity index is 1.72. The van der Waals surface area contributed by atoms with Gasteiger partial charge in [0.1, 0.15) is 0 Å². The Bertz CT molecular complexity index is 470. The summed E-state index contributed by atoms with van der Waals surface area (Å²) < 4.78 is 0. The van der Waals surface area contributed by atoms with Crippen molar-refractivity contribution < 1.29 is 15.0 Å². The highest BCUT2D eigenvalue weighted by Crippen LogP contribution is 2.20. The molecule has 0 radical (unpaired) electrons. The standard InChI is InChI=1S/C18H28N2O3/c1-13(22)17(12-21)20-18(23)16-10-9-15(11-19-16)8-7-14-5-3-2-4-6-14/h2-6,13,15-17,19,21-22H,7-12H2,1H3,(H,20,23)/t13-,15?,16?,17-/m1/s1. The Morgan fingerprint density at radius 3 is 2.65 bits per heavy atom. The van der Waals surface area contributed by atoms with Crippen LogP contribution >= 0.6 is 0 Å². The number of piperidine rings is 1. The average Bonchev–Trinajstić information content (AvgIpc) is 2.58. The second kappa shape index (κ2) is 9.01. The summed E-state index contributed by atoms with van der Waals surface area (Å²) in [6, 6.07) is 9.64. The van der Waals surface area contributed by atoms with Gasteiger partial charge in [0, 0.05) is 0 Å². The molecule has 23 heavy (non-hydrogen) atoms. The number of rotatable bonds is 7. The molecule has 0 aromatic heterocycles. The fourth-order valence-corrected chi connectivity index (χ4v) is 3.00. The first-order chi connectivity index (χ1) is 11.1. The fraction of sp³-hybridized carbons (Fsp3) is 0.611. The van der Waals surface area contributed by atoms with Crippen molar-refractivity contribution in [3.63, 3.8) is 0 Å². The van der Waals surface area contributed by atoms with Crippen LogP contribution in [-0.2, 0) is 11.2 Å². The van der Waals surface area contributed by atoms with Crippen molar-refractivity contribution in [3.8, 4) is 0 Å². The highest BCUT2D eigenvalue weighted by atomic mass is 16.3. The third-order valence-electron chi connectivity index (χ3n) is 4.62.